The molecule has 8 nitrogen and oxygen atoms in total. The van der Waals surface area contributed by atoms with Gasteiger partial charge in [0.15, 0.2) is 0 Å². The van der Waals surface area contributed by atoms with Crippen LogP contribution in [0.4, 0.5) is 0 Å². The molecule has 0 aromatic rings. The average Bonchev–Trinajstić information content (AvgIpc) is 1.60. The number of rotatable bonds is 2. The van der Waals surface area contributed by atoms with Crippen LogP contribution in [-0.4, -0.2) is 19.6 Å². The van der Waals surface area contributed by atoms with Crippen LogP contribution in [0.5, 0.6) is 0 Å². The van der Waals surface area contributed by atoms with Gasteiger partial charge in [-0.3, -0.25) is 0 Å². The summed E-state index contributed by atoms with van der Waals surface area (Å²) in [5.41, 5.74) is 0. The van der Waals surface area contributed by atoms with Crippen molar-refractivity contribution in [3.8, 4) is 6.57 Å². The summed E-state index contributed by atoms with van der Waals surface area (Å²) < 4.78 is 22.2. The molecule has 0 aliphatic carbocycles. The third-order valence-corrected chi connectivity index (χ3v) is 1.91. The van der Waals surface area contributed by atoms with E-state index in [0.717, 1.165) is 0 Å². The molecule has 13 heavy (non-hydrogen) atoms. The van der Waals surface area contributed by atoms with E-state index in [1.165, 1.54) is 0 Å². The molecule has 0 saturated carbocycles. The van der Waals surface area contributed by atoms with Gasteiger partial charge in [-0.25, -0.2) is 14.4 Å². The smallest absolute Gasteiger partial charge is 0.302 e. The van der Waals surface area contributed by atoms with E-state index in [1.54, 1.807) is 0 Å². The second-order valence-corrected chi connectivity index (χ2v) is 3.68. The fourth-order valence-corrected chi connectivity index (χ4v) is 1.25. The van der Waals surface area contributed by atoms with Crippen molar-refractivity contribution in [3.05, 3.63) is 0 Å². The van der Waals surface area contributed by atoms with Gasteiger partial charge in [0.05, 0.1) is 0 Å². The first-order valence-electron chi connectivity index (χ1n) is 1.79. The minimum Gasteiger partial charge on any atom is -0.302 e. The van der Waals surface area contributed by atoms with E-state index in [-0.39, 0.29) is 34.1 Å². The maximum atomic E-state index is 9.63. The predicted molar refractivity (Wildman–Crippen MR) is 31.8 cm³/mol. The van der Waals surface area contributed by atoms with E-state index in [0.29, 0.717) is 0 Å². The van der Waals surface area contributed by atoms with Crippen molar-refractivity contribution in [2.24, 2.45) is 0 Å². The summed E-state index contributed by atoms with van der Waals surface area (Å²) in [5.74, 6) is 0. The van der Waals surface area contributed by atoms with E-state index in [4.69, 9.17) is 24.8 Å². The normalized spacial score (nSPS) is 9.69. The monoisotopic (exact) mass is 331 g/mol. The molecule has 0 aliphatic heterocycles. The maximum Gasteiger partial charge on any atom is 0.478 e. The van der Waals surface area contributed by atoms with Gasteiger partial charge >= 0.3 is 15.6 Å². The molecule has 4 N–H and O–H groups in total. The van der Waals surface area contributed by atoms with Gasteiger partial charge in [0.25, 0.3) is 0 Å². The van der Waals surface area contributed by atoms with Crippen molar-refractivity contribution >= 4 is 15.6 Å². The summed E-state index contributed by atoms with van der Waals surface area (Å²) in [6, 6.07) is 0. The van der Waals surface area contributed by atoms with E-state index in [1.807, 2.05) is 0 Å². The van der Waals surface area contributed by atoms with Gasteiger partial charge < -0.3 is 19.6 Å². The molecule has 0 fully saturated rings. The minimum absolute atomic E-state index is 0. The third kappa shape index (κ3) is 32.3. The summed E-state index contributed by atoms with van der Waals surface area (Å²) in [6.45, 7) is 3.50. The first-order chi connectivity index (χ1) is 4.71. The zero-order valence-electron chi connectivity index (χ0n) is 5.54. The SMILES string of the molecule is C#N.O=P(O)(O)OP(=O)(O)O.[Cu].[Cu]. The molecular formula is CH5Cu2NO7P2. The summed E-state index contributed by atoms with van der Waals surface area (Å²) in [6.07, 6.45) is 0. The van der Waals surface area contributed by atoms with E-state index < -0.39 is 15.6 Å². The Morgan fingerprint density at radius 1 is 0.923 bits per heavy atom. The number of hydrogen-bond donors (Lipinski definition) is 4. The molecule has 0 unspecified atom stereocenters. The van der Waals surface area contributed by atoms with Gasteiger partial charge in [-0.2, -0.15) is 4.31 Å². The number of nitriles is 1. The Hall–Kier alpha value is 0.789. The van der Waals surface area contributed by atoms with Gasteiger partial charge in [-0.15, -0.1) is 0 Å². The zero-order valence-corrected chi connectivity index (χ0v) is 9.21. The molecule has 0 aromatic heterocycles. The van der Waals surface area contributed by atoms with Gasteiger partial charge in [-0.05, 0) is 0 Å². The molecule has 0 heterocycles. The van der Waals surface area contributed by atoms with Crippen LogP contribution in [0.2, 0.25) is 0 Å². The van der Waals surface area contributed by atoms with Crippen molar-refractivity contribution in [2.75, 3.05) is 0 Å². The summed E-state index contributed by atoms with van der Waals surface area (Å²) in [5, 5.41) is 6.50. The zero-order chi connectivity index (χ0) is 9.71. The van der Waals surface area contributed by atoms with Crippen LogP contribution < -0.4 is 0 Å². The Labute approximate surface area is 94.7 Å². The first-order valence-corrected chi connectivity index (χ1v) is 4.85. The number of hydrogen-bond acceptors (Lipinski definition) is 4. The Balaban J connectivity index is -0.0000000941. The van der Waals surface area contributed by atoms with Crippen molar-refractivity contribution in [1.82, 2.24) is 0 Å². The van der Waals surface area contributed by atoms with Crippen molar-refractivity contribution < 1.29 is 67.2 Å². The largest absolute Gasteiger partial charge is 0.478 e. The molecule has 0 atom stereocenters. The predicted octanol–water partition coefficient (Wildman–Crippen LogP) is -0.677. The standard InChI is InChI=1S/CHN.2Cu.H4O7P2/c1-2;;;1-8(2,3)7-9(4,5)6/h1H;;;(H2,1,2,3)(H2,4,5,6). The minimum atomic E-state index is -5.05. The van der Waals surface area contributed by atoms with E-state index in [2.05, 4.69) is 10.9 Å². The number of phosphoric acid groups is 2. The van der Waals surface area contributed by atoms with Crippen molar-refractivity contribution in [3.63, 3.8) is 0 Å². The average molecular weight is 332 g/mol. The Kier molecular flexibility index (Phi) is 16.9. The topological polar surface area (TPSA) is 148 Å². The van der Waals surface area contributed by atoms with E-state index >= 15 is 0 Å². The van der Waals surface area contributed by atoms with E-state index in [9.17, 15) is 9.13 Å². The van der Waals surface area contributed by atoms with Crippen LogP contribution in [0.25, 0.3) is 0 Å². The molecule has 0 saturated heterocycles. The van der Waals surface area contributed by atoms with Crippen molar-refractivity contribution in [2.45, 2.75) is 0 Å². The molecule has 0 bridgehead atoms. The van der Waals surface area contributed by atoms with Crippen LogP contribution >= 0.6 is 15.6 Å². The number of nitrogens with zero attached hydrogens (tertiary/aromatic N) is 1. The molecule has 0 aromatic carbocycles. The van der Waals surface area contributed by atoms with Crippen LogP contribution in [0.1, 0.15) is 0 Å². The summed E-state index contributed by atoms with van der Waals surface area (Å²) in [7, 11) is -10.1. The second kappa shape index (κ2) is 9.35. The second-order valence-electron chi connectivity index (χ2n) is 1.06. The van der Waals surface area contributed by atoms with Gasteiger partial charge in [0.1, 0.15) is 0 Å². The quantitative estimate of drug-likeness (QED) is 0.384. The first kappa shape index (κ1) is 23.5. The maximum absolute atomic E-state index is 9.63. The van der Waals surface area contributed by atoms with Crippen molar-refractivity contribution in [1.29, 1.82) is 5.26 Å². The molecule has 0 amide bonds. The summed E-state index contributed by atoms with van der Waals surface area (Å²) in [4.78, 5) is 31.0. The Bertz CT molecular complexity index is 196. The molecule has 88 valence electrons. The van der Waals surface area contributed by atoms with Crippen LogP contribution in [0.15, 0.2) is 0 Å². The van der Waals surface area contributed by atoms with Crippen LogP contribution in [-0.2, 0) is 47.6 Å². The van der Waals surface area contributed by atoms with Crippen LogP contribution in [0, 0.1) is 11.8 Å². The van der Waals surface area contributed by atoms with Gasteiger partial charge in [-0.1, -0.05) is 0 Å². The fourth-order valence-electron chi connectivity index (χ4n) is 0.139. The molecule has 0 rings (SSSR count). The molecule has 0 spiro atoms. The third-order valence-electron chi connectivity index (χ3n) is 0.213. The molecule has 2 radical (unpaired) electrons. The Morgan fingerprint density at radius 2 is 1.08 bits per heavy atom. The summed E-state index contributed by atoms with van der Waals surface area (Å²) >= 11 is 0. The van der Waals surface area contributed by atoms with Crippen LogP contribution in [0.3, 0.4) is 0 Å². The molecular weight excluding hydrogens is 327 g/mol. The van der Waals surface area contributed by atoms with Gasteiger partial charge in [0, 0.05) is 40.7 Å². The Morgan fingerprint density at radius 3 is 1.08 bits per heavy atom. The van der Waals surface area contributed by atoms with Gasteiger partial charge in [0.2, 0.25) is 0 Å². The molecule has 12 heteroatoms. The fraction of sp³-hybridized carbons (Fsp3) is 0. The molecule has 0 aliphatic rings.